The minimum Gasteiger partial charge on any atom is -0.494 e. The first-order chi connectivity index (χ1) is 18.3. The number of carbonyl (C=O) groups is 2. The molecule has 8 nitrogen and oxygen atoms in total. The number of piperidine rings is 1. The van der Waals surface area contributed by atoms with E-state index in [1.165, 1.54) is 4.31 Å². The molecule has 1 unspecified atom stereocenters. The molecule has 1 N–H and O–H groups in total. The molecule has 2 fully saturated rings. The number of sulfonamides is 1. The molecule has 5 rings (SSSR count). The zero-order valence-electron chi connectivity index (χ0n) is 22.2. The molecule has 2 aromatic carbocycles. The molecular weight excluding hydrogens is 502 g/mol. The Labute approximate surface area is 225 Å². The van der Waals surface area contributed by atoms with Crippen LogP contribution in [0.25, 0.3) is 0 Å². The van der Waals surface area contributed by atoms with Gasteiger partial charge in [0.1, 0.15) is 5.75 Å². The maximum Gasteiger partial charge on any atom is 0.243 e. The van der Waals surface area contributed by atoms with Gasteiger partial charge >= 0.3 is 0 Å². The monoisotopic (exact) mass is 539 g/mol. The maximum absolute atomic E-state index is 13.4. The van der Waals surface area contributed by atoms with Gasteiger partial charge in [-0.2, -0.15) is 4.31 Å². The van der Waals surface area contributed by atoms with Crippen LogP contribution < -0.4 is 15.0 Å². The lowest BCUT2D eigenvalue weighted by atomic mass is 9.84. The summed E-state index contributed by atoms with van der Waals surface area (Å²) in [4.78, 5) is 27.8. The second-order valence-corrected chi connectivity index (χ2v) is 12.6. The normalized spacial score (nSPS) is 20.6. The number of ether oxygens (including phenoxy) is 1. The summed E-state index contributed by atoms with van der Waals surface area (Å²) < 4.78 is 33.8. The van der Waals surface area contributed by atoms with E-state index in [9.17, 15) is 18.0 Å². The van der Waals surface area contributed by atoms with Crippen molar-refractivity contribution in [3.05, 3.63) is 53.6 Å². The van der Waals surface area contributed by atoms with E-state index < -0.39 is 10.0 Å². The van der Waals surface area contributed by atoms with Gasteiger partial charge in [-0.05, 0) is 87.4 Å². The number of hydrogen-bond donors (Lipinski definition) is 1. The van der Waals surface area contributed by atoms with E-state index >= 15 is 0 Å². The van der Waals surface area contributed by atoms with Crippen molar-refractivity contribution >= 4 is 27.5 Å². The molecule has 2 heterocycles. The lowest BCUT2D eigenvalue weighted by Gasteiger charge is -2.32. The van der Waals surface area contributed by atoms with Crippen LogP contribution >= 0.6 is 0 Å². The molecule has 2 aliphatic heterocycles. The van der Waals surface area contributed by atoms with Gasteiger partial charge in [0.2, 0.25) is 21.8 Å². The van der Waals surface area contributed by atoms with Gasteiger partial charge in [0.05, 0.1) is 11.5 Å². The van der Waals surface area contributed by atoms with Gasteiger partial charge in [0, 0.05) is 43.2 Å². The largest absolute Gasteiger partial charge is 0.494 e. The Morgan fingerprint density at radius 2 is 1.71 bits per heavy atom. The van der Waals surface area contributed by atoms with Gasteiger partial charge in [-0.3, -0.25) is 9.59 Å². The number of benzene rings is 2. The van der Waals surface area contributed by atoms with Crippen LogP contribution in [0.2, 0.25) is 0 Å². The highest BCUT2D eigenvalue weighted by atomic mass is 32.2. The van der Waals surface area contributed by atoms with E-state index in [4.69, 9.17) is 4.74 Å². The summed E-state index contributed by atoms with van der Waals surface area (Å²) >= 11 is 0. The smallest absolute Gasteiger partial charge is 0.243 e. The number of hydrogen-bond acceptors (Lipinski definition) is 5. The van der Waals surface area contributed by atoms with Crippen molar-refractivity contribution in [2.45, 2.75) is 69.9 Å². The Hall–Kier alpha value is -2.91. The number of anilines is 1. The second-order valence-electron chi connectivity index (χ2n) is 10.7. The second kappa shape index (κ2) is 11.1. The molecule has 1 aliphatic carbocycles. The molecular formula is C29H37N3O5S. The van der Waals surface area contributed by atoms with Crippen LogP contribution in [0.15, 0.2) is 47.4 Å². The molecule has 1 saturated carbocycles. The van der Waals surface area contributed by atoms with Crippen molar-refractivity contribution in [2.75, 3.05) is 24.6 Å². The topological polar surface area (TPSA) is 96.0 Å². The summed E-state index contributed by atoms with van der Waals surface area (Å²) in [5, 5.41) is 2.99. The van der Waals surface area contributed by atoms with Crippen LogP contribution in [0.1, 0.15) is 57.1 Å². The molecule has 2 amide bonds. The summed E-state index contributed by atoms with van der Waals surface area (Å²) in [5.74, 6) is 0.815. The van der Waals surface area contributed by atoms with Crippen LogP contribution in [-0.4, -0.2) is 50.3 Å². The van der Waals surface area contributed by atoms with Crippen molar-refractivity contribution in [2.24, 2.45) is 11.8 Å². The Balaban J connectivity index is 1.17. The minimum atomic E-state index is -3.68. The Morgan fingerprint density at radius 1 is 1.00 bits per heavy atom. The van der Waals surface area contributed by atoms with E-state index in [-0.39, 0.29) is 34.6 Å². The summed E-state index contributed by atoms with van der Waals surface area (Å²) in [6, 6.07) is 12.8. The lowest BCUT2D eigenvalue weighted by Crippen LogP contribution is -2.43. The SMILES string of the molecule is CCOc1ccc(CNC(=O)C2CCN(S(=O)(=O)c3ccc4c(c3)CC(C)N4C(=O)C3CCC3)CC2)cc1. The number of carbonyl (C=O) groups excluding carboxylic acids is 2. The van der Waals surface area contributed by atoms with Gasteiger partial charge in [0.25, 0.3) is 0 Å². The molecule has 2 aromatic rings. The Morgan fingerprint density at radius 3 is 2.34 bits per heavy atom. The predicted octanol–water partition coefficient (Wildman–Crippen LogP) is 3.88. The number of rotatable bonds is 8. The van der Waals surface area contributed by atoms with Crippen molar-refractivity contribution in [3.8, 4) is 5.75 Å². The number of nitrogens with zero attached hydrogens (tertiary/aromatic N) is 2. The molecule has 9 heteroatoms. The fourth-order valence-corrected chi connectivity index (χ4v) is 7.19. The summed E-state index contributed by atoms with van der Waals surface area (Å²) in [6.07, 6.45) is 4.62. The highest BCUT2D eigenvalue weighted by Gasteiger charge is 2.38. The van der Waals surface area contributed by atoms with Crippen LogP contribution in [0.5, 0.6) is 5.75 Å². The van der Waals surface area contributed by atoms with Gasteiger partial charge in [-0.25, -0.2) is 8.42 Å². The van der Waals surface area contributed by atoms with E-state index in [2.05, 4.69) is 5.32 Å². The van der Waals surface area contributed by atoms with Crippen LogP contribution in [0.4, 0.5) is 5.69 Å². The van der Waals surface area contributed by atoms with Crippen molar-refractivity contribution in [3.63, 3.8) is 0 Å². The maximum atomic E-state index is 13.4. The standard InChI is InChI=1S/C29H37N3O5S/c1-3-37-25-9-7-21(8-10-25)19-30-28(33)22-13-15-31(16-14-22)38(35,36)26-11-12-27-24(18-26)17-20(2)32(27)29(34)23-5-4-6-23/h7-12,18,20,22-23H,3-6,13-17,19H2,1-2H3,(H,30,33). The summed E-state index contributed by atoms with van der Waals surface area (Å²) in [6.45, 7) is 5.61. The van der Waals surface area contributed by atoms with Gasteiger partial charge in [-0.1, -0.05) is 18.6 Å². The highest BCUT2D eigenvalue weighted by molar-refractivity contribution is 7.89. The minimum absolute atomic E-state index is 0.0351. The van der Waals surface area contributed by atoms with E-state index in [1.54, 1.807) is 18.2 Å². The molecule has 0 aromatic heterocycles. The predicted molar refractivity (Wildman–Crippen MR) is 145 cm³/mol. The molecule has 38 heavy (non-hydrogen) atoms. The highest BCUT2D eigenvalue weighted by Crippen LogP contribution is 2.38. The zero-order chi connectivity index (χ0) is 26.9. The Kier molecular flexibility index (Phi) is 7.77. The van der Waals surface area contributed by atoms with Gasteiger partial charge in [-0.15, -0.1) is 0 Å². The fraction of sp³-hybridized carbons (Fsp3) is 0.517. The first-order valence-corrected chi connectivity index (χ1v) is 15.2. The van der Waals surface area contributed by atoms with Crippen molar-refractivity contribution in [1.82, 2.24) is 9.62 Å². The third-order valence-corrected chi connectivity index (χ3v) is 10.0. The van der Waals surface area contributed by atoms with Gasteiger partial charge in [0.15, 0.2) is 0 Å². The first kappa shape index (κ1) is 26.7. The Bertz CT molecular complexity index is 1280. The molecule has 1 atom stereocenters. The van der Waals surface area contributed by atoms with Crippen molar-refractivity contribution in [1.29, 1.82) is 0 Å². The lowest BCUT2D eigenvalue weighted by molar-refractivity contribution is -0.126. The first-order valence-electron chi connectivity index (χ1n) is 13.7. The van der Waals surface area contributed by atoms with E-state index in [1.807, 2.05) is 43.0 Å². The van der Waals surface area contributed by atoms with Crippen LogP contribution in [0.3, 0.4) is 0 Å². The van der Waals surface area contributed by atoms with Gasteiger partial charge < -0.3 is 15.0 Å². The quantitative estimate of drug-likeness (QED) is 0.549. The third-order valence-electron chi connectivity index (χ3n) is 8.12. The number of amides is 2. The molecule has 0 spiro atoms. The van der Waals surface area contributed by atoms with Crippen LogP contribution in [-0.2, 0) is 32.6 Å². The number of fused-ring (bicyclic) bond motifs is 1. The zero-order valence-corrected chi connectivity index (χ0v) is 23.0. The van der Waals surface area contributed by atoms with Crippen LogP contribution in [0, 0.1) is 11.8 Å². The van der Waals surface area contributed by atoms with E-state index in [0.717, 1.165) is 41.8 Å². The number of nitrogens with one attached hydrogen (secondary N) is 1. The van der Waals surface area contributed by atoms with E-state index in [0.29, 0.717) is 45.5 Å². The molecule has 1 saturated heterocycles. The molecule has 0 bridgehead atoms. The third kappa shape index (κ3) is 5.31. The summed E-state index contributed by atoms with van der Waals surface area (Å²) in [5.41, 5.74) is 2.74. The summed E-state index contributed by atoms with van der Waals surface area (Å²) in [7, 11) is -3.68. The fourth-order valence-electron chi connectivity index (χ4n) is 5.67. The van der Waals surface area contributed by atoms with Crippen molar-refractivity contribution < 1.29 is 22.7 Å². The molecule has 3 aliphatic rings. The molecule has 204 valence electrons. The average molecular weight is 540 g/mol. The average Bonchev–Trinajstić information content (AvgIpc) is 3.22. The molecule has 0 radical (unpaired) electrons.